The minimum atomic E-state index is -4.02. The quantitative estimate of drug-likeness (QED) is 0.214. The Morgan fingerprint density at radius 2 is 1.64 bits per heavy atom. The van der Waals surface area contributed by atoms with E-state index in [1.807, 2.05) is 32.2 Å². The van der Waals surface area contributed by atoms with Crippen LogP contribution >= 0.6 is 11.6 Å². The first-order chi connectivity index (χ1) is 21.6. The largest absolute Gasteiger partial charge is 0.486 e. The maximum atomic E-state index is 13.8. The molecule has 3 atom stereocenters. The topological polar surface area (TPSA) is 99.2 Å². The Kier molecular flexibility index (Phi) is 10.1. The first kappa shape index (κ1) is 32.5. The third kappa shape index (κ3) is 7.68. The normalized spacial score (nSPS) is 17.6. The van der Waals surface area contributed by atoms with E-state index in [2.05, 4.69) is 46.0 Å². The molecule has 45 heavy (non-hydrogen) atoms. The molecular formula is C35H38ClN3O5S. The molecule has 0 aromatic heterocycles. The van der Waals surface area contributed by atoms with Crippen LogP contribution in [0.2, 0.25) is 5.02 Å². The van der Waals surface area contributed by atoms with Crippen LogP contribution in [0.25, 0.3) is 11.1 Å². The molecule has 2 N–H and O–H groups in total. The molecule has 0 saturated carbocycles. The predicted molar refractivity (Wildman–Crippen MR) is 178 cm³/mol. The molecule has 0 saturated heterocycles. The number of aliphatic hydroxyl groups is 1. The Balaban J connectivity index is 1.42. The van der Waals surface area contributed by atoms with E-state index >= 15 is 0 Å². The van der Waals surface area contributed by atoms with Crippen molar-refractivity contribution in [1.29, 1.82) is 0 Å². The van der Waals surface area contributed by atoms with Gasteiger partial charge in [-0.25, -0.2) is 8.42 Å². The number of halogens is 1. The fraction of sp³-hybridized carbons (Fsp3) is 0.286. The Labute approximate surface area is 270 Å². The minimum absolute atomic E-state index is 0.0279. The average molecular weight is 648 g/mol. The number of nitrogens with one attached hydrogen (secondary N) is 1. The first-order valence-electron chi connectivity index (χ1n) is 14.9. The summed E-state index contributed by atoms with van der Waals surface area (Å²) in [6.07, 6.45) is -0.403. The van der Waals surface area contributed by atoms with E-state index in [9.17, 15) is 18.3 Å². The van der Waals surface area contributed by atoms with Crippen molar-refractivity contribution in [1.82, 2.24) is 9.80 Å². The van der Waals surface area contributed by atoms with Gasteiger partial charge >= 0.3 is 0 Å². The van der Waals surface area contributed by atoms with Gasteiger partial charge in [0.05, 0.1) is 28.8 Å². The molecule has 0 unspecified atom stereocenters. The number of sulfonamides is 1. The summed E-state index contributed by atoms with van der Waals surface area (Å²) in [5, 5.41) is 10.4. The van der Waals surface area contributed by atoms with Gasteiger partial charge in [-0.2, -0.15) is 0 Å². The molecule has 0 aliphatic carbocycles. The summed E-state index contributed by atoms with van der Waals surface area (Å²) in [6.45, 7) is 5.12. The monoisotopic (exact) mass is 647 g/mol. The molecule has 1 aliphatic rings. The van der Waals surface area contributed by atoms with E-state index in [0.29, 0.717) is 24.7 Å². The highest BCUT2D eigenvalue weighted by Crippen LogP contribution is 2.36. The molecule has 1 aliphatic heterocycles. The lowest BCUT2D eigenvalue weighted by atomic mass is 9.98. The van der Waals surface area contributed by atoms with Crippen molar-refractivity contribution in [2.24, 2.45) is 5.92 Å². The van der Waals surface area contributed by atoms with Crippen molar-refractivity contribution in [3.63, 3.8) is 0 Å². The van der Waals surface area contributed by atoms with E-state index < -0.39 is 22.2 Å². The number of hydrogen-bond donors (Lipinski definition) is 2. The van der Waals surface area contributed by atoms with Crippen molar-refractivity contribution >= 4 is 33.2 Å². The van der Waals surface area contributed by atoms with Crippen LogP contribution in [0.15, 0.2) is 102 Å². The van der Waals surface area contributed by atoms with E-state index in [1.54, 1.807) is 30.0 Å². The zero-order valence-corrected chi connectivity index (χ0v) is 27.1. The zero-order chi connectivity index (χ0) is 32.1. The standard InChI is InChI=1S/C35H38ClN3O5S/c1-24-20-39(25(2)23-40)35(41)31-10-7-11-32(37-45(42,43)30-18-16-29(36)17-19-30)34(31)44-33(24)22-38(3)21-26-12-14-28(15-13-26)27-8-5-4-6-9-27/h4-19,24-25,33,37,40H,20-23H2,1-3H3/t24-,25+,33-/m0/s1. The second-order valence-electron chi connectivity index (χ2n) is 11.6. The number of carbonyl (C=O) groups is 1. The van der Waals surface area contributed by atoms with Crippen LogP contribution in [-0.4, -0.2) is 68.1 Å². The Bertz CT molecular complexity index is 1720. The molecular weight excluding hydrogens is 610 g/mol. The van der Waals surface area contributed by atoms with Gasteiger partial charge in [-0.15, -0.1) is 0 Å². The summed E-state index contributed by atoms with van der Waals surface area (Å²) in [5.41, 5.74) is 3.82. The van der Waals surface area contributed by atoms with E-state index in [-0.39, 0.29) is 40.3 Å². The summed E-state index contributed by atoms with van der Waals surface area (Å²) in [5.74, 6) is -0.316. The molecule has 10 heteroatoms. The fourth-order valence-corrected chi connectivity index (χ4v) is 6.66. The molecule has 0 spiro atoms. The maximum Gasteiger partial charge on any atom is 0.262 e. The van der Waals surface area contributed by atoms with Gasteiger partial charge in [0.25, 0.3) is 15.9 Å². The number of carbonyl (C=O) groups excluding carboxylic acids is 1. The lowest BCUT2D eigenvalue weighted by Gasteiger charge is -2.38. The number of anilines is 1. The Morgan fingerprint density at radius 1 is 0.978 bits per heavy atom. The lowest BCUT2D eigenvalue weighted by Crippen LogP contribution is -2.49. The molecule has 1 heterocycles. The Hall–Kier alpha value is -3.89. The van der Waals surface area contributed by atoms with Gasteiger partial charge < -0.3 is 14.7 Å². The number of ether oxygens (including phenoxy) is 1. The molecule has 0 radical (unpaired) electrons. The highest BCUT2D eigenvalue weighted by atomic mass is 35.5. The van der Waals surface area contributed by atoms with Crippen LogP contribution in [0.4, 0.5) is 5.69 Å². The van der Waals surface area contributed by atoms with Gasteiger partial charge in [0, 0.05) is 30.6 Å². The predicted octanol–water partition coefficient (Wildman–Crippen LogP) is 6.16. The first-order valence-corrected chi connectivity index (χ1v) is 16.7. The number of fused-ring (bicyclic) bond motifs is 1. The van der Waals surface area contributed by atoms with Crippen molar-refractivity contribution < 1.29 is 23.1 Å². The maximum absolute atomic E-state index is 13.8. The van der Waals surface area contributed by atoms with Gasteiger partial charge in [-0.3, -0.25) is 14.4 Å². The summed E-state index contributed by atoms with van der Waals surface area (Å²) >= 11 is 5.97. The number of amides is 1. The number of hydrogen-bond acceptors (Lipinski definition) is 6. The van der Waals surface area contributed by atoms with E-state index in [1.165, 1.54) is 24.3 Å². The number of aliphatic hydroxyl groups excluding tert-OH is 1. The van der Waals surface area contributed by atoms with Crippen LogP contribution in [0.3, 0.4) is 0 Å². The number of nitrogens with zero attached hydrogens (tertiary/aromatic N) is 2. The van der Waals surface area contributed by atoms with Gasteiger partial charge in [0.15, 0.2) is 5.75 Å². The van der Waals surface area contributed by atoms with Gasteiger partial charge in [0.1, 0.15) is 6.10 Å². The molecule has 4 aromatic rings. The molecule has 8 nitrogen and oxygen atoms in total. The SMILES string of the molecule is C[C@H](CO)N1C[C@H](C)[C@H](CN(C)Cc2ccc(-c3ccccc3)cc2)Oc2c(NS(=O)(=O)c3ccc(Cl)cc3)cccc2C1=O. The third-order valence-electron chi connectivity index (χ3n) is 8.06. The van der Waals surface area contributed by atoms with Gasteiger partial charge in [-0.05, 0) is 67.1 Å². The Morgan fingerprint density at radius 3 is 2.31 bits per heavy atom. The molecule has 0 bridgehead atoms. The van der Waals surface area contributed by atoms with E-state index in [4.69, 9.17) is 16.3 Å². The number of likely N-dealkylation sites (N-methyl/N-ethyl adjacent to an activating group) is 1. The fourth-order valence-electron chi connectivity index (χ4n) is 5.48. The second kappa shape index (κ2) is 14.0. The van der Waals surface area contributed by atoms with Gasteiger partial charge in [0.2, 0.25) is 0 Å². The van der Waals surface area contributed by atoms with Crippen molar-refractivity contribution in [2.45, 2.75) is 37.4 Å². The minimum Gasteiger partial charge on any atom is -0.486 e. The molecule has 0 fully saturated rings. The highest BCUT2D eigenvalue weighted by Gasteiger charge is 2.35. The molecule has 236 valence electrons. The zero-order valence-electron chi connectivity index (χ0n) is 25.6. The smallest absolute Gasteiger partial charge is 0.262 e. The number of para-hydroxylation sites is 1. The molecule has 4 aromatic carbocycles. The third-order valence-corrected chi connectivity index (χ3v) is 9.70. The van der Waals surface area contributed by atoms with Crippen LogP contribution in [-0.2, 0) is 16.6 Å². The molecule has 5 rings (SSSR count). The summed E-state index contributed by atoms with van der Waals surface area (Å²) in [7, 11) is -2.01. The summed E-state index contributed by atoms with van der Waals surface area (Å²) in [4.78, 5) is 17.6. The van der Waals surface area contributed by atoms with Crippen molar-refractivity contribution in [3.05, 3.63) is 113 Å². The van der Waals surface area contributed by atoms with Crippen molar-refractivity contribution in [2.75, 3.05) is 31.5 Å². The highest BCUT2D eigenvalue weighted by molar-refractivity contribution is 7.92. The summed E-state index contributed by atoms with van der Waals surface area (Å²) in [6, 6.07) is 28.9. The number of benzene rings is 4. The summed E-state index contributed by atoms with van der Waals surface area (Å²) < 4.78 is 35.9. The second-order valence-corrected chi connectivity index (χ2v) is 13.7. The van der Waals surface area contributed by atoms with Crippen LogP contribution in [0.1, 0.15) is 29.8 Å². The van der Waals surface area contributed by atoms with Gasteiger partial charge in [-0.1, -0.05) is 79.2 Å². The lowest BCUT2D eigenvalue weighted by molar-refractivity contribution is 0.0344. The van der Waals surface area contributed by atoms with Crippen molar-refractivity contribution in [3.8, 4) is 16.9 Å². The van der Waals surface area contributed by atoms with Crippen LogP contribution in [0.5, 0.6) is 5.75 Å². The van der Waals surface area contributed by atoms with Crippen LogP contribution in [0, 0.1) is 5.92 Å². The molecule has 1 amide bonds. The van der Waals surface area contributed by atoms with Crippen LogP contribution < -0.4 is 9.46 Å². The number of rotatable bonds is 10. The average Bonchev–Trinajstić information content (AvgIpc) is 3.03. The van der Waals surface area contributed by atoms with E-state index in [0.717, 1.165) is 16.7 Å².